The lowest BCUT2D eigenvalue weighted by Crippen LogP contribution is -2.30. The summed E-state index contributed by atoms with van der Waals surface area (Å²) in [5.41, 5.74) is 2.75. The molecule has 8 nitrogen and oxygen atoms in total. The summed E-state index contributed by atoms with van der Waals surface area (Å²) in [6.45, 7) is 12.0. The number of nitrogens with one attached hydrogen (secondary N) is 1. The maximum atomic E-state index is 11.3. The van der Waals surface area contributed by atoms with E-state index in [2.05, 4.69) is 52.0 Å². The molecule has 8 heteroatoms. The van der Waals surface area contributed by atoms with Gasteiger partial charge in [-0.15, -0.1) is 0 Å². The number of hydrogen-bond acceptors (Lipinski definition) is 6. The molecule has 2 rings (SSSR count). The smallest absolute Gasteiger partial charge is 0.407 e. The number of aromatic nitrogens is 1. The zero-order valence-electron chi connectivity index (χ0n) is 19.0. The van der Waals surface area contributed by atoms with Gasteiger partial charge in [0.15, 0.2) is 0 Å². The lowest BCUT2D eigenvalue weighted by molar-refractivity contribution is -0.135. The van der Waals surface area contributed by atoms with Gasteiger partial charge < -0.3 is 24.8 Å². The predicted octanol–water partition coefficient (Wildman–Crippen LogP) is 4.39. The van der Waals surface area contributed by atoms with E-state index in [4.69, 9.17) is 14.4 Å². The molecule has 0 aliphatic rings. The molecule has 0 fully saturated rings. The highest BCUT2D eigenvalue weighted by atomic mass is 16.5. The lowest BCUT2D eigenvalue weighted by Gasteiger charge is -2.28. The quantitative estimate of drug-likeness (QED) is 0.555. The number of aromatic hydroxyl groups is 1. The van der Waals surface area contributed by atoms with E-state index < -0.39 is 18.6 Å². The average molecular weight is 433 g/mol. The Labute approximate surface area is 182 Å². The molecule has 0 saturated heterocycles. The SMILES string of the molecule is CC(C)(C)c1cc(-c2cc(CCCOC(=O)NCC(=O)O)on2)cc(C(C)(C)C)c1O. The Morgan fingerprint density at radius 1 is 1.06 bits per heavy atom. The van der Waals surface area contributed by atoms with Gasteiger partial charge in [0.1, 0.15) is 23.7 Å². The average Bonchev–Trinajstić information content (AvgIpc) is 3.10. The summed E-state index contributed by atoms with van der Waals surface area (Å²) in [6.07, 6.45) is 0.245. The second kappa shape index (κ2) is 9.41. The van der Waals surface area contributed by atoms with E-state index in [1.54, 1.807) is 0 Å². The number of ether oxygens (including phenoxy) is 1. The number of carboxylic acid groups (broad SMARTS) is 1. The normalized spacial score (nSPS) is 11.9. The van der Waals surface area contributed by atoms with Crippen LogP contribution in [0.1, 0.15) is 64.9 Å². The van der Waals surface area contributed by atoms with Crippen molar-refractivity contribution < 1.29 is 29.1 Å². The van der Waals surface area contributed by atoms with Gasteiger partial charge in [0.25, 0.3) is 0 Å². The van der Waals surface area contributed by atoms with E-state index in [9.17, 15) is 14.7 Å². The van der Waals surface area contributed by atoms with Crippen LogP contribution in [0.4, 0.5) is 4.79 Å². The summed E-state index contributed by atoms with van der Waals surface area (Å²) in [7, 11) is 0. The van der Waals surface area contributed by atoms with Crippen LogP contribution < -0.4 is 5.32 Å². The molecular weight excluding hydrogens is 400 g/mol. The summed E-state index contributed by atoms with van der Waals surface area (Å²) in [5.74, 6) is -0.178. The molecule has 0 unspecified atom stereocenters. The Hall–Kier alpha value is -3.03. The first-order valence-electron chi connectivity index (χ1n) is 10.3. The summed E-state index contributed by atoms with van der Waals surface area (Å²) >= 11 is 0. The number of benzene rings is 1. The summed E-state index contributed by atoms with van der Waals surface area (Å²) in [4.78, 5) is 21.8. The minimum absolute atomic E-state index is 0.128. The van der Waals surface area contributed by atoms with E-state index in [0.717, 1.165) is 16.7 Å². The molecule has 3 N–H and O–H groups in total. The van der Waals surface area contributed by atoms with Crippen molar-refractivity contribution in [3.63, 3.8) is 0 Å². The zero-order chi connectivity index (χ0) is 23.4. The van der Waals surface area contributed by atoms with Gasteiger partial charge in [-0.3, -0.25) is 4.79 Å². The number of carboxylic acids is 1. The van der Waals surface area contributed by atoms with Gasteiger partial charge in [-0.25, -0.2) is 4.79 Å². The number of amides is 1. The summed E-state index contributed by atoms with van der Waals surface area (Å²) in [5, 5.41) is 25.7. The molecule has 170 valence electrons. The highest BCUT2D eigenvalue weighted by Crippen LogP contribution is 2.41. The number of alkyl carbamates (subject to hydrolysis) is 1. The van der Waals surface area contributed by atoms with Crippen molar-refractivity contribution in [1.82, 2.24) is 10.5 Å². The Bertz CT molecular complexity index is 899. The van der Waals surface area contributed by atoms with E-state index >= 15 is 0 Å². The van der Waals surface area contributed by atoms with Gasteiger partial charge in [0, 0.05) is 29.2 Å². The number of carbonyl (C=O) groups is 2. The molecule has 31 heavy (non-hydrogen) atoms. The largest absolute Gasteiger partial charge is 0.507 e. The van der Waals surface area contributed by atoms with E-state index in [1.807, 2.05) is 18.2 Å². The van der Waals surface area contributed by atoms with Crippen molar-refractivity contribution in [2.45, 2.75) is 65.2 Å². The topological polar surface area (TPSA) is 122 Å². The van der Waals surface area contributed by atoms with Crippen molar-refractivity contribution in [3.8, 4) is 17.0 Å². The molecule has 0 atom stereocenters. The minimum atomic E-state index is -1.13. The lowest BCUT2D eigenvalue weighted by atomic mass is 9.78. The fourth-order valence-corrected chi connectivity index (χ4v) is 3.10. The number of rotatable bonds is 7. The van der Waals surface area contributed by atoms with Crippen LogP contribution in [0, 0.1) is 0 Å². The summed E-state index contributed by atoms with van der Waals surface area (Å²) in [6, 6.07) is 5.74. The predicted molar refractivity (Wildman–Crippen MR) is 116 cm³/mol. The molecule has 1 aromatic heterocycles. The van der Waals surface area contributed by atoms with Gasteiger partial charge in [-0.1, -0.05) is 46.7 Å². The van der Waals surface area contributed by atoms with Crippen molar-refractivity contribution in [2.75, 3.05) is 13.2 Å². The first-order chi connectivity index (χ1) is 14.3. The van der Waals surface area contributed by atoms with Gasteiger partial charge in [0.05, 0.1) is 6.61 Å². The van der Waals surface area contributed by atoms with Crippen LogP contribution in [-0.2, 0) is 26.8 Å². The molecule has 0 spiro atoms. The van der Waals surface area contributed by atoms with Crippen molar-refractivity contribution in [1.29, 1.82) is 0 Å². The summed E-state index contributed by atoms with van der Waals surface area (Å²) < 4.78 is 10.4. The van der Waals surface area contributed by atoms with E-state index in [1.165, 1.54) is 0 Å². The zero-order valence-corrected chi connectivity index (χ0v) is 19.0. The number of aryl methyl sites for hydroxylation is 1. The molecule has 1 amide bonds. The fraction of sp³-hybridized carbons (Fsp3) is 0.522. The van der Waals surface area contributed by atoms with Crippen LogP contribution in [0.3, 0.4) is 0 Å². The molecule has 0 radical (unpaired) electrons. The van der Waals surface area contributed by atoms with Crippen LogP contribution in [-0.4, -0.2) is 40.6 Å². The van der Waals surface area contributed by atoms with Gasteiger partial charge in [0.2, 0.25) is 0 Å². The van der Waals surface area contributed by atoms with Crippen molar-refractivity contribution in [3.05, 3.63) is 35.1 Å². The third-order valence-corrected chi connectivity index (χ3v) is 4.77. The number of phenols is 1. The van der Waals surface area contributed by atoms with Crippen LogP contribution in [0.25, 0.3) is 11.3 Å². The first-order valence-corrected chi connectivity index (χ1v) is 10.3. The Kier molecular flexibility index (Phi) is 7.36. The molecule has 0 aliphatic heterocycles. The maximum absolute atomic E-state index is 11.3. The molecule has 0 saturated carbocycles. The Morgan fingerprint density at radius 3 is 2.16 bits per heavy atom. The minimum Gasteiger partial charge on any atom is -0.507 e. The molecular formula is C23H32N2O6. The van der Waals surface area contributed by atoms with Crippen LogP contribution >= 0.6 is 0 Å². The number of phenolic OH excluding ortho intramolecular Hbond substituents is 1. The van der Waals surface area contributed by atoms with Crippen LogP contribution in [0.15, 0.2) is 22.7 Å². The number of hydrogen-bond donors (Lipinski definition) is 3. The second-order valence-electron chi connectivity index (χ2n) is 9.59. The molecule has 0 aliphatic carbocycles. The first kappa shape index (κ1) is 24.2. The number of carbonyl (C=O) groups excluding carboxylic acids is 1. The van der Waals surface area contributed by atoms with Gasteiger partial charge in [-0.2, -0.15) is 0 Å². The Morgan fingerprint density at radius 2 is 1.65 bits per heavy atom. The van der Waals surface area contributed by atoms with Gasteiger partial charge >= 0.3 is 12.1 Å². The monoisotopic (exact) mass is 432 g/mol. The highest BCUT2D eigenvalue weighted by Gasteiger charge is 2.27. The molecule has 0 bridgehead atoms. The third-order valence-electron chi connectivity index (χ3n) is 4.77. The molecule has 1 aromatic carbocycles. The van der Waals surface area contributed by atoms with Crippen LogP contribution in [0.5, 0.6) is 5.75 Å². The van der Waals surface area contributed by atoms with E-state index in [-0.39, 0.29) is 17.4 Å². The fourth-order valence-electron chi connectivity index (χ4n) is 3.10. The second-order valence-corrected chi connectivity index (χ2v) is 9.59. The van der Waals surface area contributed by atoms with Crippen molar-refractivity contribution >= 4 is 12.1 Å². The van der Waals surface area contributed by atoms with Crippen molar-refractivity contribution in [2.24, 2.45) is 0 Å². The standard InChI is InChI=1S/C23H32N2O6/c1-22(2,3)16-10-14(11-17(20(16)28)23(4,5)6)18-12-15(31-25-18)8-7-9-30-21(29)24-13-19(26)27/h10-12,28H,7-9,13H2,1-6H3,(H,24,29)(H,26,27). The van der Waals surface area contributed by atoms with Crippen LogP contribution in [0.2, 0.25) is 0 Å². The maximum Gasteiger partial charge on any atom is 0.407 e. The number of nitrogens with zero attached hydrogens (tertiary/aromatic N) is 1. The number of aliphatic carboxylic acids is 1. The molecule has 2 aromatic rings. The highest BCUT2D eigenvalue weighted by molar-refractivity contribution is 5.76. The van der Waals surface area contributed by atoms with Gasteiger partial charge in [-0.05, 0) is 29.4 Å². The molecule has 1 heterocycles. The van der Waals surface area contributed by atoms with E-state index in [0.29, 0.717) is 30.0 Å². The Balaban J connectivity index is 2.12. The third kappa shape index (κ3) is 6.73.